The summed E-state index contributed by atoms with van der Waals surface area (Å²) in [5, 5.41) is 9.79. The van der Waals surface area contributed by atoms with Crippen molar-refractivity contribution in [1.29, 1.82) is 0 Å². The van der Waals surface area contributed by atoms with E-state index in [-0.39, 0.29) is 12.2 Å². The molecular weight excluding hydrogens is 240 g/mol. The smallest absolute Gasteiger partial charge is 0.325 e. The van der Waals surface area contributed by atoms with Gasteiger partial charge in [0.05, 0.1) is 13.4 Å². The number of ether oxygens (including phenoxy) is 1. The van der Waals surface area contributed by atoms with Crippen LogP contribution in [0.4, 0.5) is 5.82 Å². The number of aliphatic hydroxyl groups is 1. The van der Waals surface area contributed by atoms with E-state index >= 15 is 0 Å². The summed E-state index contributed by atoms with van der Waals surface area (Å²) in [6.07, 6.45) is 0.313. The first-order valence-corrected chi connectivity index (χ1v) is 5.27. The molecule has 0 aliphatic carbocycles. The van der Waals surface area contributed by atoms with Crippen LogP contribution in [0.5, 0.6) is 0 Å². The van der Waals surface area contributed by atoms with E-state index in [1.165, 1.54) is 30.0 Å². The van der Waals surface area contributed by atoms with Gasteiger partial charge in [-0.05, 0) is 0 Å². The summed E-state index contributed by atoms with van der Waals surface area (Å²) >= 11 is 0. The molecular formula is C10H14N4O4. The molecule has 2 heterocycles. The number of aromatic nitrogens is 2. The Bertz CT molecular complexity index is 498. The second-order valence-corrected chi connectivity index (χ2v) is 3.99. The molecule has 2 rings (SSSR count). The molecule has 1 amide bonds. The normalized spacial score (nSPS) is 18.9. The Labute approximate surface area is 103 Å². The molecule has 8 heteroatoms. The van der Waals surface area contributed by atoms with Gasteiger partial charge in [0, 0.05) is 14.1 Å². The number of aliphatic hydroxyl groups excluding tert-OH is 1. The zero-order valence-electron chi connectivity index (χ0n) is 10.3. The van der Waals surface area contributed by atoms with Gasteiger partial charge in [-0.1, -0.05) is 0 Å². The van der Waals surface area contributed by atoms with E-state index in [9.17, 15) is 14.7 Å². The molecule has 0 bridgehead atoms. The second kappa shape index (κ2) is 4.30. The van der Waals surface area contributed by atoms with Crippen LogP contribution >= 0.6 is 0 Å². The molecule has 1 aromatic heterocycles. The van der Waals surface area contributed by atoms with Gasteiger partial charge < -0.3 is 19.3 Å². The number of nitrogens with zero attached hydrogens (tertiary/aromatic N) is 4. The van der Waals surface area contributed by atoms with Gasteiger partial charge in [0.25, 0.3) is 5.91 Å². The third-order valence-electron chi connectivity index (χ3n) is 2.90. The number of imidazole rings is 1. The van der Waals surface area contributed by atoms with Crippen LogP contribution in [0, 0.1) is 0 Å². The van der Waals surface area contributed by atoms with Gasteiger partial charge >= 0.3 is 5.97 Å². The lowest BCUT2D eigenvalue weighted by Crippen LogP contribution is -2.52. The zero-order chi connectivity index (χ0) is 13.4. The minimum Gasteiger partial charge on any atom is -0.468 e. The van der Waals surface area contributed by atoms with E-state index in [4.69, 9.17) is 0 Å². The summed E-state index contributed by atoms with van der Waals surface area (Å²) in [7, 11) is 4.36. The van der Waals surface area contributed by atoms with Crippen molar-refractivity contribution in [3.63, 3.8) is 0 Å². The number of hydrogen-bond acceptors (Lipinski definition) is 6. The Kier molecular flexibility index (Phi) is 2.95. The highest BCUT2D eigenvalue weighted by Gasteiger charge is 2.36. The third kappa shape index (κ3) is 1.70. The fourth-order valence-electron chi connectivity index (χ4n) is 1.81. The molecule has 1 aliphatic rings. The van der Waals surface area contributed by atoms with E-state index in [0.29, 0.717) is 5.82 Å². The summed E-state index contributed by atoms with van der Waals surface area (Å²) in [4.78, 5) is 29.9. The number of hydrogen-bond donors (Lipinski definition) is 1. The van der Waals surface area contributed by atoms with E-state index in [1.54, 1.807) is 7.05 Å². The van der Waals surface area contributed by atoms with Gasteiger partial charge in [-0.2, -0.15) is 0 Å². The van der Waals surface area contributed by atoms with Crippen molar-refractivity contribution in [2.45, 2.75) is 12.9 Å². The maximum atomic E-state index is 12.1. The van der Waals surface area contributed by atoms with Gasteiger partial charge in [-0.25, -0.2) is 4.98 Å². The van der Waals surface area contributed by atoms with E-state index < -0.39 is 18.2 Å². The Balaban J connectivity index is 2.42. The van der Waals surface area contributed by atoms with Gasteiger partial charge in [0.1, 0.15) is 6.54 Å². The van der Waals surface area contributed by atoms with Gasteiger partial charge in [-0.15, -0.1) is 0 Å². The summed E-state index contributed by atoms with van der Waals surface area (Å²) in [5.74, 6) is -0.522. The third-order valence-corrected chi connectivity index (χ3v) is 2.90. The SMILES string of the molecule is COC(=O)Cn1cnc2c1C(=O)N(C)C(O)N2C. The molecule has 0 aromatic carbocycles. The number of methoxy groups -OCH3 is 1. The molecule has 0 radical (unpaired) electrons. The molecule has 98 valence electrons. The minimum atomic E-state index is -1.06. The largest absolute Gasteiger partial charge is 0.468 e. The Hall–Kier alpha value is -2.09. The summed E-state index contributed by atoms with van der Waals surface area (Å²) < 4.78 is 5.95. The number of carbonyl (C=O) groups is 2. The number of amides is 1. The molecule has 18 heavy (non-hydrogen) atoms. The fraction of sp³-hybridized carbons (Fsp3) is 0.500. The van der Waals surface area contributed by atoms with Crippen LogP contribution in [-0.2, 0) is 16.1 Å². The maximum Gasteiger partial charge on any atom is 0.325 e. The maximum absolute atomic E-state index is 12.1. The predicted octanol–water partition coefficient (Wildman–Crippen LogP) is -1.15. The zero-order valence-corrected chi connectivity index (χ0v) is 10.3. The molecule has 1 atom stereocenters. The number of fused-ring (bicyclic) bond motifs is 1. The Morgan fingerprint density at radius 3 is 2.78 bits per heavy atom. The summed E-state index contributed by atoms with van der Waals surface area (Å²) in [5.41, 5.74) is 0.260. The standard InChI is InChI=1S/C10H14N4O4/c1-12-8-7(9(16)13(2)10(12)17)14(5-11-8)4-6(15)18-3/h5,10,17H,4H2,1-3H3. The van der Waals surface area contributed by atoms with Crippen molar-refractivity contribution >= 4 is 17.7 Å². The average molecular weight is 254 g/mol. The molecule has 1 N–H and O–H groups in total. The molecule has 8 nitrogen and oxygen atoms in total. The van der Waals surface area contributed by atoms with Crippen molar-refractivity contribution in [2.75, 3.05) is 26.1 Å². The molecule has 0 saturated carbocycles. The number of rotatable bonds is 2. The molecule has 0 saturated heterocycles. The van der Waals surface area contributed by atoms with Crippen LogP contribution in [0.3, 0.4) is 0 Å². The topological polar surface area (TPSA) is 87.9 Å². The van der Waals surface area contributed by atoms with Gasteiger partial charge in [0.15, 0.2) is 11.5 Å². The van der Waals surface area contributed by atoms with Crippen LogP contribution in [0.1, 0.15) is 10.5 Å². The lowest BCUT2D eigenvalue weighted by atomic mass is 10.3. The number of anilines is 1. The van der Waals surface area contributed by atoms with Gasteiger partial charge in [-0.3, -0.25) is 14.5 Å². The highest BCUT2D eigenvalue weighted by molar-refractivity contribution is 5.99. The molecule has 1 aliphatic heterocycles. The number of esters is 1. The Morgan fingerprint density at radius 2 is 2.17 bits per heavy atom. The van der Waals surface area contributed by atoms with Crippen molar-refractivity contribution in [2.24, 2.45) is 0 Å². The fourth-order valence-corrected chi connectivity index (χ4v) is 1.81. The summed E-state index contributed by atoms with van der Waals surface area (Å²) in [6, 6.07) is 0. The van der Waals surface area contributed by atoms with Crippen molar-refractivity contribution in [1.82, 2.24) is 14.5 Å². The Morgan fingerprint density at radius 1 is 1.50 bits per heavy atom. The lowest BCUT2D eigenvalue weighted by molar-refractivity contribution is -0.141. The van der Waals surface area contributed by atoms with Crippen molar-refractivity contribution in [3.8, 4) is 0 Å². The minimum absolute atomic E-state index is 0.0949. The van der Waals surface area contributed by atoms with E-state index in [1.807, 2.05) is 0 Å². The molecule has 1 aromatic rings. The molecule has 0 fully saturated rings. The monoisotopic (exact) mass is 254 g/mol. The molecule has 1 unspecified atom stereocenters. The van der Waals surface area contributed by atoms with Crippen molar-refractivity contribution in [3.05, 3.63) is 12.0 Å². The number of carbonyl (C=O) groups excluding carboxylic acids is 2. The predicted molar refractivity (Wildman–Crippen MR) is 60.7 cm³/mol. The van der Waals surface area contributed by atoms with Crippen LogP contribution < -0.4 is 4.90 Å². The molecule has 0 spiro atoms. The van der Waals surface area contributed by atoms with Crippen LogP contribution in [-0.4, -0.2) is 59.0 Å². The quantitative estimate of drug-likeness (QED) is 0.671. The highest BCUT2D eigenvalue weighted by atomic mass is 16.5. The highest BCUT2D eigenvalue weighted by Crippen LogP contribution is 2.26. The van der Waals surface area contributed by atoms with Gasteiger partial charge in [0.2, 0.25) is 6.35 Å². The van der Waals surface area contributed by atoms with E-state index in [2.05, 4.69) is 9.72 Å². The lowest BCUT2D eigenvalue weighted by Gasteiger charge is -2.36. The average Bonchev–Trinajstić information content (AvgIpc) is 2.77. The van der Waals surface area contributed by atoms with E-state index in [0.717, 1.165) is 4.90 Å². The van der Waals surface area contributed by atoms with Crippen molar-refractivity contribution < 1.29 is 19.4 Å². The first kappa shape index (κ1) is 12.4. The van der Waals surface area contributed by atoms with Crippen LogP contribution in [0.25, 0.3) is 0 Å². The van der Waals surface area contributed by atoms with Crippen LogP contribution in [0.15, 0.2) is 6.33 Å². The first-order valence-electron chi connectivity index (χ1n) is 5.27. The van der Waals surface area contributed by atoms with Crippen LogP contribution in [0.2, 0.25) is 0 Å². The second-order valence-electron chi connectivity index (χ2n) is 3.99. The first-order chi connectivity index (χ1) is 8.47. The summed E-state index contributed by atoms with van der Waals surface area (Å²) in [6.45, 7) is -0.0949.